The minimum Gasteiger partial charge on any atom is -0.260 e. The van der Waals surface area contributed by atoms with Gasteiger partial charge in [-0.25, -0.2) is 13.1 Å². The maximum atomic E-state index is 11.9. The van der Waals surface area contributed by atoms with Gasteiger partial charge in [0.05, 0.1) is 4.90 Å². The number of benzene rings is 1. The monoisotopic (exact) mass is 275 g/mol. The molecule has 0 radical (unpaired) electrons. The first kappa shape index (κ1) is 14.3. The Bertz CT molecular complexity index is 497. The molecule has 0 aliphatic carbocycles. The maximum Gasteiger partial charge on any atom is 0.240 e. The number of hydrogen-bond donors (Lipinski definition) is 1. The van der Waals surface area contributed by atoms with Crippen LogP contribution in [0.15, 0.2) is 29.2 Å². The first-order chi connectivity index (χ1) is 7.93. The van der Waals surface area contributed by atoms with Gasteiger partial charge in [-0.05, 0) is 25.0 Å². The molecule has 1 unspecified atom stereocenters. The molecule has 17 heavy (non-hydrogen) atoms. The van der Waals surface area contributed by atoms with Crippen LogP contribution in [0.25, 0.3) is 0 Å². The highest BCUT2D eigenvalue weighted by Gasteiger charge is 2.14. The van der Waals surface area contributed by atoms with E-state index in [-0.39, 0.29) is 0 Å². The summed E-state index contributed by atoms with van der Waals surface area (Å²) in [6.45, 7) is 2.08. The fraction of sp³-hybridized carbons (Fsp3) is 0.455. The molecule has 1 atom stereocenters. The summed E-state index contributed by atoms with van der Waals surface area (Å²) in [5, 5.41) is 0. The van der Waals surface area contributed by atoms with Gasteiger partial charge in [0.25, 0.3) is 0 Å². The van der Waals surface area contributed by atoms with E-state index in [9.17, 15) is 12.6 Å². The SMILES string of the molecule is Cc1ccccc1S(=O)(=O)NCCCS(C)=O. The Kier molecular flexibility index (Phi) is 5.30. The molecule has 96 valence electrons. The fourth-order valence-electron chi connectivity index (χ4n) is 1.42. The molecule has 4 nitrogen and oxygen atoms in total. The van der Waals surface area contributed by atoms with Crippen LogP contribution in [0.3, 0.4) is 0 Å². The quantitative estimate of drug-likeness (QED) is 0.789. The van der Waals surface area contributed by atoms with Crippen molar-refractivity contribution >= 4 is 20.8 Å². The van der Waals surface area contributed by atoms with Crippen LogP contribution < -0.4 is 4.72 Å². The number of rotatable bonds is 6. The first-order valence-electron chi connectivity index (χ1n) is 5.29. The summed E-state index contributed by atoms with van der Waals surface area (Å²) in [6.07, 6.45) is 2.18. The van der Waals surface area contributed by atoms with Crippen LogP contribution in [-0.2, 0) is 20.8 Å². The highest BCUT2D eigenvalue weighted by molar-refractivity contribution is 7.89. The normalized spacial score (nSPS) is 13.5. The van der Waals surface area contributed by atoms with Crippen molar-refractivity contribution in [2.24, 2.45) is 0 Å². The summed E-state index contributed by atoms with van der Waals surface area (Å²) in [7, 11) is -4.32. The molecule has 0 aliphatic rings. The highest BCUT2D eigenvalue weighted by Crippen LogP contribution is 2.13. The lowest BCUT2D eigenvalue weighted by atomic mass is 10.2. The molecule has 0 heterocycles. The second-order valence-electron chi connectivity index (χ2n) is 3.79. The van der Waals surface area contributed by atoms with Crippen molar-refractivity contribution in [3.63, 3.8) is 0 Å². The number of sulfonamides is 1. The standard InChI is InChI=1S/C11H17NO3S2/c1-10-6-3-4-7-11(10)17(14,15)12-8-5-9-16(2)13/h3-4,6-7,12H,5,8-9H2,1-2H3. The van der Waals surface area contributed by atoms with Crippen LogP contribution in [0.5, 0.6) is 0 Å². The molecular weight excluding hydrogens is 258 g/mol. The Balaban J connectivity index is 2.64. The van der Waals surface area contributed by atoms with E-state index >= 15 is 0 Å². The maximum absolute atomic E-state index is 11.9. The highest BCUT2D eigenvalue weighted by atomic mass is 32.2. The molecule has 1 rings (SSSR count). The molecule has 0 bridgehead atoms. The Labute approximate surface area is 105 Å². The zero-order valence-electron chi connectivity index (χ0n) is 9.97. The van der Waals surface area contributed by atoms with Gasteiger partial charge in [0, 0.05) is 29.4 Å². The molecule has 0 spiro atoms. The van der Waals surface area contributed by atoms with Gasteiger partial charge in [0.2, 0.25) is 10.0 Å². The van der Waals surface area contributed by atoms with Crippen molar-refractivity contribution in [2.45, 2.75) is 18.2 Å². The summed E-state index contributed by atoms with van der Waals surface area (Å²) in [5.74, 6) is 0.510. The lowest BCUT2D eigenvalue weighted by Gasteiger charge is -2.08. The fourth-order valence-corrected chi connectivity index (χ4v) is 3.29. The summed E-state index contributed by atoms with van der Waals surface area (Å²) in [5.41, 5.74) is 0.721. The Morgan fingerprint density at radius 1 is 1.29 bits per heavy atom. The van der Waals surface area contributed by atoms with Crippen LogP contribution >= 0.6 is 0 Å². The van der Waals surface area contributed by atoms with Crippen LogP contribution in [-0.4, -0.2) is 31.2 Å². The van der Waals surface area contributed by atoms with Gasteiger partial charge in [0.15, 0.2) is 0 Å². The third kappa shape index (κ3) is 4.57. The largest absolute Gasteiger partial charge is 0.260 e. The van der Waals surface area contributed by atoms with Gasteiger partial charge in [0.1, 0.15) is 0 Å². The van der Waals surface area contributed by atoms with Crippen LogP contribution in [0, 0.1) is 6.92 Å². The van der Waals surface area contributed by atoms with Crippen molar-refractivity contribution in [1.82, 2.24) is 4.72 Å². The summed E-state index contributed by atoms with van der Waals surface area (Å²) < 4.78 is 37.2. The molecule has 1 aromatic carbocycles. The molecule has 1 N–H and O–H groups in total. The van der Waals surface area contributed by atoms with Gasteiger partial charge in [-0.15, -0.1) is 0 Å². The minimum atomic E-state index is -3.44. The van der Waals surface area contributed by atoms with E-state index in [1.807, 2.05) is 0 Å². The number of aryl methyl sites for hydroxylation is 1. The molecular formula is C11H17NO3S2. The summed E-state index contributed by atoms with van der Waals surface area (Å²) >= 11 is 0. The van der Waals surface area contributed by atoms with E-state index in [4.69, 9.17) is 0 Å². The van der Waals surface area contributed by atoms with Crippen LogP contribution in [0.2, 0.25) is 0 Å². The van der Waals surface area contributed by atoms with Crippen molar-refractivity contribution in [3.05, 3.63) is 29.8 Å². The van der Waals surface area contributed by atoms with E-state index < -0.39 is 20.8 Å². The third-order valence-electron chi connectivity index (χ3n) is 2.28. The molecule has 0 saturated heterocycles. The second kappa shape index (κ2) is 6.28. The van der Waals surface area contributed by atoms with E-state index in [2.05, 4.69) is 4.72 Å². The zero-order chi connectivity index (χ0) is 12.9. The minimum absolute atomic E-state index is 0.303. The van der Waals surface area contributed by atoms with Crippen LogP contribution in [0.4, 0.5) is 0 Å². The van der Waals surface area contributed by atoms with Crippen LogP contribution in [0.1, 0.15) is 12.0 Å². The second-order valence-corrected chi connectivity index (χ2v) is 7.08. The van der Waals surface area contributed by atoms with Crippen molar-refractivity contribution in [2.75, 3.05) is 18.6 Å². The Morgan fingerprint density at radius 2 is 1.94 bits per heavy atom. The number of nitrogens with one attached hydrogen (secondary N) is 1. The summed E-state index contributed by atoms with van der Waals surface area (Å²) in [6, 6.07) is 6.84. The predicted octanol–water partition coefficient (Wildman–Crippen LogP) is 1.04. The third-order valence-corrected chi connectivity index (χ3v) is 4.77. The van der Waals surface area contributed by atoms with Gasteiger partial charge >= 0.3 is 0 Å². The smallest absolute Gasteiger partial charge is 0.240 e. The van der Waals surface area contributed by atoms with E-state index in [0.717, 1.165) is 5.56 Å². The average molecular weight is 275 g/mol. The van der Waals surface area contributed by atoms with Crippen molar-refractivity contribution in [1.29, 1.82) is 0 Å². The topological polar surface area (TPSA) is 63.2 Å². The van der Waals surface area contributed by atoms with Gasteiger partial charge in [-0.2, -0.15) is 0 Å². The summed E-state index contributed by atoms with van der Waals surface area (Å²) in [4.78, 5) is 0.303. The molecule has 1 aromatic rings. The van der Waals surface area contributed by atoms with Gasteiger partial charge in [-0.1, -0.05) is 18.2 Å². The predicted molar refractivity (Wildman–Crippen MR) is 69.9 cm³/mol. The zero-order valence-corrected chi connectivity index (χ0v) is 11.6. The van der Waals surface area contributed by atoms with E-state index in [1.165, 1.54) is 0 Å². The molecule has 0 aliphatic heterocycles. The Hall–Kier alpha value is -0.720. The molecule has 0 saturated carbocycles. The molecule has 6 heteroatoms. The molecule has 0 fully saturated rings. The Morgan fingerprint density at radius 3 is 2.53 bits per heavy atom. The van der Waals surface area contributed by atoms with E-state index in [1.54, 1.807) is 37.4 Å². The molecule has 0 amide bonds. The first-order valence-corrected chi connectivity index (χ1v) is 8.50. The van der Waals surface area contributed by atoms with Gasteiger partial charge < -0.3 is 0 Å². The van der Waals surface area contributed by atoms with Gasteiger partial charge in [-0.3, -0.25) is 4.21 Å². The number of hydrogen-bond acceptors (Lipinski definition) is 3. The lowest BCUT2D eigenvalue weighted by Crippen LogP contribution is -2.26. The van der Waals surface area contributed by atoms with Crippen molar-refractivity contribution in [3.8, 4) is 0 Å². The van der Waals surface area contributed by atoms with Crippen molar-refractivity contribution < 1.29 is 12.6 Å². The average Bonchev–Trinajstić information content (AvgIpc) is 2.24. The molecule has 0 aromatic heterocycles. The van der Waals surface area contributed by atoms with E-state index in [0.29, 0.717) is 23.6 Å². The lowest BCUT2D eigenvalue weighted by molar-refractivity contribution is 0.580.